The van der Waals surface area contributed by atoms with E-state index >= 15 is 0 Å². The number of ether oxygens (including phenoxy) is 1. The summed E-state index contributed by atoms with van der Waals surface area (Å²) in [5.41, 5.74) is 1.75. The van der Waals surface area contributed by atoms with E-state index in [9.17, 15) is 8.78 Å². The third-order valence-electron chi connectivity index (χ3n) is 2.90. The zero-order valence-corrected chi connectivity index (χ0v) is 11.3. The molecule has 0 aromatic heterocycles. The maximum atomic E-state index is 13.1. The predicted molar refractivity (Wildman–Crippen MR) is 74.5 cm³/mol. The third kappa shape index (κ3) is 3.78. The first-order valence-corrected chi connectivity index (χ1v) is 6.56. The summed E-state index contributed by atoms with van der Waals surface area (Å²) in [6, 6.07) is 11.7. The zero-order chi connectivity index (χ0) is 14.4. The third-order valence-corrected chi connectivity index (χ3v) is 2.90. The van der Waals surface area contributed by atoms with Gasteiger partial charge in [-0.2, -0.15) is 0 Å². The Balaban J connectivity index is 1.94. The fourth-order valence-corrected chi connectivity index (χ4v) is 1.94. The number of hydrogen-bond acceptors (Lipinski definition) is 2. The van der Waals surface area contributed by atoms with Crippen LogP contribution in [0.15, 0.2) is 42.5 Å². The highest BCUT2D eigenvalue weighted by molar-refractivity contribution is 5.33. The van der Waals surface area contributed by atoms with Gasteiger partial charge in [0.1, 0.15) is 5.75 Å². The molecule has 0 atom stereocenters. The van der Waals surface area contributed by atoms with Crippen LogP contribution in [0.4, 0.5) is 8.78 Å². The molecule has 0 aliphatic carbocycles. The molecule has 2 aromatic carbocycles. The molecular weight excluding hydrogens is 260 g/mol. The van der Waals surface area contributed by atoms with Crippen LogP contribution in [0, 0.1) is 11.6 Å². The Morgan fingerprint density at radius 1 is 1.00 bits per heavy atom. The molecule has 0 unspecified atom stereocenters. The van der Waals surface area contributed by atoms with E-state index in [1.807, 2.05) is 31.2 Å². The molecule has 1 N–H and O–H groups in total. The van der Waals surface area contributed by atoms with Gasteiger partial charge in [-0.3, -0.25) is 0 Å². The monoisotopic (exact) mass is 277 g/mol. The van der Waals surface area contributed by atoms with E-state index < -0.39 is 11.6 Å². The van der Waals surface area contributed by atoms with Crippen molar-refractivity contribution in [3.05, 3.63) is 65.2 Å². The lowest BCUT2D eigenvalue weighted by Gasteiger charge is -2.11. The maximum absolute atomic E-state index is 13.1. The Bertz CT molecular complexity index is 572. The van der Waals surface area contributed by atoms with E-state index in [1.54, 1.807) is 6.07 Å². The summed E-state index contributed by atoms with van der Waals surface area (Å²) < 4.78 is 31.4. The van der Waals surface area contributed by atoms with Crippen molar-refractivity contribution in [2.45, 2.75) is 20.0 Å². The van der Waals surface area contributed by atoms with Gasteiger partial charge in [0.15, 0.2) is 11.6 Å². The molecule has 0 amide bonds. The fraction of sp³-hybridized carbons (Fsp3) is 0.250. The lowest BCUT2D eigenvalue weighted by Crippen LogP contribution is -2.14. The molecule has 4 heteroatoms. The van der Waals surface area contributed by atoms with Crippen molar-refractivity contribution in [2.75, 3.05) is 6.61 Å². The molecule has 20 heavy (non-hydrogen) atoms. The minimum atomic E-state index is -0.824. The number of halogens is 2. The molecule has 106 valence electrons. The summed E-state index contributed by atoms with van der Waals surface area (Å²) in [6.07, 6.45) is 0. The van der Waals surface area contributed by atoms with E-state index in [1.165, 1.54) is 6.07 Å². The van der Waals surface area contributed by atoms with Crippen molar-refractivity contribution in [1.82, 2.24) is 5.32 Å². The van der Waals surface area contributed by atoms with Gasteiger partial charge in [0.05, 0.1) is 6.61 Å². The zero-order valence-electron chi connectivity index (χ0n) is 11.3. The van der Waals surface area contributed by atoms with Crippen LogP contribution in [0.1, 0.15) is 18.1 Å². The molecule has 2 nitrogen and oxygen atoms in total. The normalized spacial score (nSPS) is 10.6. The van der Waals surface area contributed by atoms with Crippen molar-refractivity contribution in [2.24, 2.45) is 0 Å². The van der Waals surface area contributed by atoms with Crippen molar-refractivity contribution in [3.8, 4) is 5.75 Å². The molecule has 2 aromatic rings. The lowest BCUT2D eigenvalue weighted by atomic mass is 10.2. The second-order valence-electron chi connectivity index (χ2n) is 4.39. The molecular formula is C16H17F2NO. The highest BCUT2D eigenvalue weighted by atomic mass is 19.2. The van der Waals surface area contributed by atoms with Gasteiger partial charge in [-0.1, -0.05) is 24.3 Å². The van der Waals surface area contributed by atoms with Gasteiger partial charge in [0.2, 0.25) is 0 Å². The minimum absolute atomic E-state index is 0.470. The van der Waals surface area contributed by atoms with E-state index in [2.05, 4.69) is 5.32 Å². The summed E-state index contributed by atoms with van der Waals surface area (Å²) in [5, 5.41) is 3.19. The van der Waals surface area contributed by atoms with Gasteiger partial charge >= 0.3 is 0 Å². The van der Waals surface area contributed by atoms with Gasteiger partial charge in [0.25, 0.3) is 0 Å². The number of para-hydroxylation sites is 1. The molecule has 2 rings (SSSR count). The van der Waals surface area contributed by atoms with Crippen LogP contribution in [-0.2, 0) is 13.1 Å². The Morgan fingerprint density at radius 2 is 1.80 bits per heavy atom. The van der Waals surface area contributed by atoms with Gasteiger partial charge in [-0.25, -0.2) is 8.78 Å². The van der Waals surface area contributed by atoms with Crippen molar-refractivity contribution < 1.29 is 13.5 Å². The average molecular weight is 277 g/mol. The minimum Gasteiger partial charge on any atom is -0.494 e. The van der Waals surface area contributed by atoms with Crippen LogP contribution in [-0.4, -0.2) is 6.61 Å². The first-order chi connectivity index (χ1) is 9.70. The number of hydrogen-bond donors (Lipinski definition) is 1. The van der Waals surface area contributed by atoms with Crippen LogP contribution >= 0.6 is 0 Å². The van der Waals surface area contributed by atoms with Gasteiger partial charge in [-0.05, 0) is 30.7 Å². The Hall–Kier alpha value is -1.94. The van der Waals surface area contributed by atoms with E-state index in [0.29, 0.717) is 25.3 Å². The number of rotatable bonds is 6. The van der Waals surface area contributed by atoms with Gasteiger partial charge < -0.3 is 10.1 Å². The molecule has 0 aliphatic heterocycles. The molecule has 0 radical (unpaired) electrons. The van der Waals surface area contributed by atoms with Crippen molar-refractivity contribution in [3.63, 3.8) is 0 Å². The summed E-state index contributed by atoms with van der Waals surface area (Å²) in [4.78, 5) is 0. The average Bonchev–Trinajstić information content (AvgIpc) is 2.45. The molecule has 0 spiro atoms. The highest BCUT2D eigenvalue weighted by Crippen LogP contribution is 2.17. The summed E-state index contributed by atoms with van der Waals surface area (Å²) in [6.45, 7) is 3.62. The largest absolute Gasteiger partial charge is 0.494 e. The van der Waals surface area contributed by atoms with Gasteiger partial charge in [0, 0.05) is 18.7 Å². The van der Waals surface area contributed by atoms with Crippen LogP contribution in [0.5, 0.6) is 5.75 Å². The Labute approximate surface area is 117 Å². The van der Waals surface area contributed by atoms with Crippen LogP contribution in [0.25, 0.3) is 0 Å². The first kappa shape index (κ1) is 14.5. The van der Waals surface area contributed by atoms with Crippen LogP contribution < -0.4 is 10.1 Å². The second-order valence-corrected chi connectivity index (χ2v) is 4.39. The predicted octanol–water partition coefficient (Wildman–Crippen LogP) is 3.65. The number of benzene rings is 2. The molecule has 0 heterocycles. The topological polar surface area (TPSA) is 21.3 Å². The standard InChI is InChI=1S/C16H17F2NO/c1-2-20-16-6-4-3-5-13(16)11-19-10-12-7-8-14(17)15(18)9-12/h3-9,19H,2,10-11H2,1H3. The quantitative estimate of drug-likeness (QED) is 0.870. The SMILES string of the molecule is CCOc1ccccc1CNCc1ccc(F)c(F)c1. The molecule has 0 saturated heterocycles. The smallest absolute Gasteiger partial charge is 0.159 e. The van der Waals surface area contributed by atoms with Crippen LogP contribution in [0.2, 0.25) is 0 Å². The first-order valence-electron chi connectivity index (χ1n) is 6.56. The second kappa shape index (κ2) is 7.01. The molecule has 0 aliphatic rings. The van der Waals surface area contributed by atoms with E-state index in [0.717, 1.165) is 17.4 Å². The lowest BCUT2D eigenvalue weighted by molar-refractivity contribution is 0.335. The molecule has 0 bridgehead atoms. The maximum Gasteiger partial charge on any atom is 0.159 e. The summed E-state index contributed by atoms with van der Waals surface area (Å²) in [5.74, 6) is -0.803. The van der Waals surface area contributed by atoms with E-state index in [-0.39, 0.29) is 0 Å². The summed E-state index contributed by atoms with van der Waals surface area (Å²) >= 11 is 0. The Kier molecular flexibility index (Phi) is 5.07. The molecule has 0 fully saturated rings. The molecule has 0 saturated carbocycles. The Morgan fingerprint density at radius 3 is 2.55 bits per heavy atom. The summed E-state index contributed by atoms with van der Waals surface area (Å²) in [7, 11) is 0. The number of nitrogens with one attached hydrogen (secondary N) is 1. The van der Waals surface area contributed by atoms with Gasteiger partial charge in [-0.15, -0.1) is 0 Å². The van der Waals surface area contributed by atoms with Crippen molar-refractivity contribution >= 4 is 0 Å². The van der Waals surface area contributed by atoms with Crippen molar-refractivity contribution in [1.29, 1.82) is 0 Å². The highest BCUT2D eigenvalue weighted by Gasteiger charge is 2.04. The fourth-order valence-electron chi connectivity index (χ4n) is 1.94. The van der Waals surface area contributed by atoms with Crippen LogP contribution in [0.3, 0.4) is 0 Å². The van der Waals surface area contributed by atoms with E-state index in [4.69, 9.17) is 4.74 Å².